The molecule has 162 valence electrons. The minimum Gasteiger partial charge on any atom is -0.352 e. The first-order chi connectivity index (χ1) is 13.6. The highest BCUT2D eigenvalue weighted by Gasteiger charge is 2.51. The molecule has 8 heteroatoms. The average molecular weight is 414 g/mol. The van der Waals surface area contributed by atoms with E-state index >= 15 is 0 Å². The molecule has 3 atom stereocenters. The smallest absolute Gasteiger partial charge is 0.352 e. The number of rotatable bonds is 5. The second-order valence-electron chi connectivity index (χ2n) is 8.95. The number of allylic oxidation sites excluding steroid dienone is 2. The Balaban J connectivity index is 1.68. The van der Waals surface area contributed by atoms with Crippen molar-refractivity contribution in [1.29, 1.82) is 0 Å². The Labute approximate surface area is 169 Å². The number of amides is 3. The van der Waals surface area contributed by atoms with Crippen molar-refractivity contribution >= 4 is 17.7 Å². The van der Waals surface area contributed by atoms with Gasteiger partial charge in [-0.05, 0) is 50.9 Å². The van der Waals surface area contributed by atoms with Crippen molar-refractivity contribution in [3.63, 3.8) is 0 Å². The van der Waals surface area contributed by atoms with Crippen LogP contribution in [0.5, 0.6) is 0 Å². The molecule has 29 heavy (non-hydrogen) atoms. The van der Waals surface area contributed by atoms with Gasteiger partial charge < -0.3 is 5.32 Å². The molecule has 3 rings (SSSR count). The standard InChI is InChI=1S/C21H29F3N2O3/c1-12(2)11-17(26-19(28)15-5-3-4-6-16(15)20(26)29)18(27)25-14-9-7-13(8-10-14)21(22,23)24/h3-4,12-17H,5-11H2,1-2H3,(H,25,27)/t13?,14?,15-,16-,17+/m0/s1. The number of imide groups is 1. The zero-order valence-electron chi connectivity index (χ0n) is 16.9. The predicted octanol–water partition coefficient (Wildman–Crippen LogP) is 3.59. The van der Waals surface area contributed by atoms with Gasteiger partial charge in [-0.15, -0.1) is 0 Å². The first kappa shape index (κ1) is 21.8. The van der Waals surface area contributed by atoms with Crippen molar-refractivity contribution in [1.82, 2.24) is 10.2 Å². The summed E-state index contributed by atoms with van der Waals surface area (Å²) in [6.07, 6.45) is 1.41. The van der Waals surface area contributed by atoms with Gasteiger partial charge >= 0.3 is 6.18 Å². The summed E-state index contributed by atoms with van der Waals surface area (Å²) in [5.74, 6) is -3.08. The second kappa shape index (κ2) is 8.48. The highest BCUT2D eigenvalue weighted by Crippen LogP contribution is 2.39. The van der Waals surface area contributed by atoms with Crippen LogP contribution in [0.2, 0.25) is 0 Å². The van der Waals surface area contributed by atoms with Gasteiger partial charge in [0.25, 0.3) is 0 Å². The van der Waals surface area contributed by atoms with Crippen LogP contribution in [0, 0.1) is 23.7 Å². The van der Waals surface area contributed by atoms with E-state index in [1.54, 1.807) is 0 Å². The van der Waals surface area contributed by atoms with Crippen molar-refractivity contribution in [3.05, 3.63) is 12.2 Å². The van der Waals surface area contributed by atoms with Crippen molar-refractivity contribution in [3.8, 4) is 0 Å². The molecule has 0 aromatic rings. The number of likely N-dealkylation sites (tertiary alicyclic amines) is 1. The molecular formula is C21H29F3N2O3. The fourth-order valence-electron chi connectivity index (χ4n) is 4.77. The van der Waals surface area contributed by atoms with Crippen LogP contribution in [0.15, 0.2) is 12.2 Å². The highest BCUT2D eigenvalue weighted by atomic mass is 19.4. The Bertz CT molecular complexity index is 655. The molecule has 1 N–H and O–H groups in total. The molecule has 0 aromatic carbocycles. The summed E-state index contributed by atoms with van der Waals surface area (Å²) in [5, 5.41) is 2.83. The van der Waals surface area contributed by atoms with E-state index in [2.05, 4.69) is 5.32 Å². The maximum Gasteiger partial charge on any atom is 0.391 e. The molecule has 1 aliphatic heterocycles. The molecule has 3 amide bonds. The monoisotopic (exact) mass is 414 g/mol. The first-order valence-electron chi connectivity index (χ1n) is 10.5. The first-order valence-corrected chi connectivity index (χ1v) is 10.5. The topological polar surface area (TPSA) is 66.5 Å². The molecule has 2 aliphatic carbocycles. The van der Waals surface area contributed by atoms with Crippen LogP contribution in [0.4, 0.5) is 13.2 Å². The van der Waals surface area contributed by atoms with E-state index in [9.17, 15) is 27.6 Å². The number of carbonyl (C=O) groups is 3. The summed E-state index contributed by atoms with van der Waals surface area (Å²) in [6, 6.07) is -1.26. The molecule has 0 unspecified atom stereocenters. The number of nitrogens with zero attached hydrogens (tertiary/aromatic N) is 1. The summed E-state index contributed by atoms with van der Waals surface area (Å²) in [5.41, 5.74) is 0. The Kier molecular flexibility index (Phi) is 6.39. The normalized spacial score (nSPS) is 31.2. The summed E-state index contributed by atoms with van der Waals surface area (Å²) >= 11 is 0. The van der Waals surface area contributed by atoms with Gasteiger partial charge in [-0.3, -0.25) is 19.3 Å². The maximum absolute atomic E-state index is 13.0. The van der Waals surface area contributed by atoms with Gasteiger partial charge in [0.2, 0.25) is 17.7 Å². The summed E-state index contributed by atoms with van der Waals surface area (Å²) in [4.78, 5) is 39.9. The van der Waals surface area contributed by atoms with Crippen LogP contribution in [-0.4, -0.2) is 40.9 Å². The minimum absolute atomic E-state index is 0.0132. The lowest BCUT2D eigenvalue weighted by molar-refractivity contribution is -0.182. The Morgan fingerprint density at radius 2 is 1.59 bits per heavy atom. The third-order valence-electron chi connectivity index (χ3n) is 6.39. The number of carbonyl (C=O) groups excluding carboxylic acids is 3. The van der Waals surface area contributed by atoms with E-state index in [4.69, 9.17) is 0 Å². The van der Waals surface area contributed by atoms with Crippen molar-refractivity contribution < 1.29 is 27.6 Å². The van der Waals surface area contributed by atoms with E-state index in [1.807, 2.05) is 26.0 Å². The van der Waals surface area contributed by atoms with E-state index < -0.39 is 35.9 Å². The average Bonchev–Trinajstić information content (AvgIpc) is 2.90. The van der Waals surface area contributed by atoms with Gasteiger partial charge in [-0.1, -0.05) is 26.0 Å². The number of hydrogen-bond acceptors (Lipinski definition) is 3. The molecule has 1 saturated carbocycles. The third kappa shape index (κ3) is 4.67. The molecule has 5 nitrogen and oxygen atoms in total. The molecule has 1 saturated heterocycles. The van der Waals surface area contributed by atoms with E-state index in [0.717, 1.165) is 4.90 Å². The van der Waals surface area contributed by atoms with Crippen molar-refractivity contribution in [2.24, 2.45) is 23.7 Å². The van der Waals surface area contributed by atoms with Crippen LogP contribution in [0.1, 0.15) is 58.8 Å². The molecular weight excluding hydrogens is 385 g/mol. The summed E-state index contributed by atoms with van der Waals surface area (Å²) in [7, 11) is 0. The number of halogens is 3. The Hall–Kier alpha value is -1.86. The van der Waals surface area contributed by atoms with Crippen LogP contribution in [0.25, 0.3) is 0 Å². The van der Waals surface area contributed by atoms with E-state index in [0.29, 0.717) is 19.3 Å². The minimum atomic E-state index is -4.20. The SMILES string of the molecule is CC(C)C[C@H](C(=O)NC1CCC(C(F)(F)F)CC1)N1C(=O)[C@H]2CC=CC[C@@H]2C1=O. The van der Waals surface area contributed by atoms with Crippen LogP contribution >= 0.6 is 0 Å². The lowest BCUT2D eigenvalue weighted by atomic mass is 9.85. The molecule has 0 radical (unpaired) electrons. The van der Waals surface area contributed by atoms with Crippen LogP contribution < -0.4 is 5.32 Å². The molecule has 0 aromatic heterocycles. The predicted molar refractivity (Wildman–Crippen MR) is 100 cm³/mol. The van der Waals surface area contributed by atoms with Crippen LogP contribution in [-0.2, 0) is 14.4 Å². The maximum atomic E-state index is 13.0. The molecule has 1 heterocycles. The van der Waals surface area contributed by atoms with Gasteiger partial charge in [0, 0.05) is 6.04 Å². The van der Waals surface area contributed by atoms with E-state index in [-0.39, 0.29) is 49.5 Å². The largest absolute Gasteiger partial charge is 0.391 e. The number of hydrogen-bond donors (Lipinski definition) is 1. The number of alkyl halides is 3. The Morgan fingerprint density at radius 3 is 2.03 bits per heavy atom. The van der Waals surface area contributed by atoms with Gasteiger partial charge in [0.1, 0.15) is 6.04 Å². The molecule has 0 bridgehead atoms. The lowest BCUT2D eigenvalue weighted by Gasteiger charge is -2.33. The fraction of sp³-hybridized carbons (Fsp3) is 0.762. The number of nitrogens with one attached hydrogen (secondary N) is 1. The summed E-state index contributed by atoms with van der Waals surface area (Å²) in [6.45, 7) is 3.82. The molecule has 2 fully saturated rings. The second-order valence-corrected chi connectivity index (χ2v) is 8.95. The molecule has 3 aliphatic rings. The van der Waals surface area contributed by atoms with Crippen molar-refractivity contribution in [2.75, 3.05) is 0 Å². The van der Waals surface area contributed by atoms with Gasteiger partial charge in [0.05, 0.1) is 17.8 Å². The zero-order chi connectivity index (χ0) is 21.3. The quantitative estimate of drug-likeness (QED) is 0.552. The van der Waals surface area contributed by atoms with Gasteiger partial charge in [-0.2, -0.15) is 13.2 Å². The van der Waals surface area contributed by atoms with Gasteiger partial charge in [0.15, 0.2) is 0 Å². The number of fused-ring (bicyclic) bond motifs is 1. The van der Waals surface area contributed by atoms with E-state index in [1.165, 1.54) is 0 Å². The van der Waals surface area contributed by atoms with Crippen LogP contribution in [0.3, 0.4) is 0 Å². The summed E-state index contributed by atoms with van der Waals surface area (Å²) < 4.78 is 38.6. The Morgan fingerprint density at radius 1 is 1.07 bits per heavy atom. The van der Waals surface area contributed by atoms with Crippen molar-refractivity contribution in [2.45, 2.75) is 77.1 Å². The molecule has 0 spiro atoms. The van der Waals surface area contributed by atoms with Gasteiger partial charge in [-0.25, -0.2) is 0 Å². The third-order valence-corrected chi connectivity index (χ3v) is 6.39. The highest BCUT2D eigenvalue weighted by molar-refractivity contribution is 6.08. The zero-order valence-corrected chi connectivity index (χ0v) is 16.9. The fourth-order valence-corrected chi connectivity index (χ4v) is 4.77. The lowest BCUT2D eigenvalue weighted by Crippen LogP contribution is -2.53.